The van der Waals surface area contributed by atoms with Crippen LogP contribution in [0.5, 0.6) is 0 Å². The molecule has 0 saturated carbocycles. The summed E-state index contributed by atoms with van der Waals surface area (Å²) in [6.07, 6.45) is 0.137. The molecule has 0 bridgehead atoms. The summed E-state index contributed by atoms with van der Waals surface area (Å²) in [6.45, 7) is 0. The van der Waals surface area contributed by atoms with Crippen LogP contribution in [-0.2, 0) is 4.79 Å². The van der Waals surface area contributed by atoms with Gasteiger partial charge in [0.2, 0.25) is 5.91 Å². The Bertz CT molecular complexity index is 939. The molecule has 0 aliphatic rings. The molecule has 2 amide bonds. The maximum Gasteiger partial charge on any atom is 0.251 e. The SMILES string of the molecule is CN(C)c1ccc(NC(=O)CC(NC(=O)c2ccccc2)c2ccccc2)cc1. The molecule has 0 aliphatic heterocycles. The molecular weight excluding hydrogens is 362 g/mol. The first kappa shape index (κ1) is 20.1. The van der Waals surface area contributed by atoms with Crippen LogP contribution in [0.1, 0.15) is 28.4 Å². The second kappa shape index (κ2) is 9.55. The van der Waals surface area contributed by atoms with E-state index in [0.29, 0.717) is 5.56 Å². The van der Waals surface area contributed by atoms with Crippen molar-refractivity contribution in [3.63, 3.8) is 0 Å². The molecule has 148 valence electrons. The largest absolute Gasteiger partial charge is 0.378 e. The van der Waals surface area contributed by atoms with Gasteiger partial charge in [0.15, 0.2) is 0 Å². The fraction of sp³-hybridized carbons (Fsp3) is 0.167. The lowest BCUT2D eigenvalue weighted by Gasteiger charge is -2.19. The van der Waals surface area contributed by atoms with E-state index in [1.165, 1.54) is 0 Å². The smallest absolute Gasteiger partial charge is 0.251 e. The van der Waals surface area contributed by atoms with Gasteiger partial charge in [0.25, 0.3) is 5.91 Å². The van der Waals surface area contributed by atoms with Crippen LogP contribution in [0.25, 0.3) is 0 Å². The zero-order valence-corrected chi connectivity index (χ0v) is 16.6. The van der Waals surface area contributed by atoms with Crippen molar-refractivity contribution >= 4 is 23.2 Å². The minimum atomic E-state index is -0.426. The van der Waals surface area contributed by atoms with Crippen molar-refractivity contribution in [2.45, 2.75) is 12.5 Å². The lowest BCUT2D eigenvalue weighted by atomic mass is 10.0. The van der Waals surface area contributed by atoms with E-state index in [-0.39, 0.29) is 18.2 Å². The molecule has 0 aromatic heterocycles. The molecular formula is C24H25N3O2. The number of nitrogens with zero attached hydrogens (tertiary/aromatic N) is 1. The fourth-order valence-electron chi connectivity index (χ4n) is 3.01. The summed E-state index contributed by atoms with van der Waals surface area (Å²) in [6, 6.07) is 25.7. The van der Waals surface area contributed by atoms with Gasteiger partial charge in [0.1, 0.15) is 0 Å². The number of carbonyl (C=O) groups excluding carboxylic acids is 2. The van der Waals surface area contributed by atoms with Crippen molar-refractivity contribution < 1.29 is 9.59 Å². The molecule has 5 heteroatoms. The molecule has 29 heavy (non-hydrogen) atoms. The summed E-state index contributed by atoms with van der Waals surface area (Å²) in [4.78, 5) is 27.3. The average Bonchev–Trinajstić information content (AvgIpc) is 2.75. The minimum absolute atomic E-state index is 0.137. The van der Waals surface area contributed by atoms with Gasteiger partial charge in [-0.05, 0) is 42.0 Å². The minimum Gasteiger partial charge on any atom is -0.378 e. The molecule has 0 fully saturated rings. The standard InChI is InChI=1S/C24H25N3O2/c1-27(2)21-15-13-20(14-16-21)25-23(28)17-22(18-9-5-3-6-10-18)26-24(29)19-11-7-4-8-12-19/h3-16,22H,17H2,1-2H3,(H,25,28)(H,26,29). The van der Waals surface area contributed by atoms with Gasteiger partial charge in [-0.25, -0.2) is 0 Å². The van der Waals surface area contributed by atoms with E-state index in [9.17, 15) is 9.59 Å². The third kappa shape index (κ3) is 5.69. The van der Waals surface area contributed by atoms with E-state index in [0.717, 1.165) is 16.9 Å². The molecule has 0 radical (unpaired) electrons. The van der Waals surface area contributed by atoms with Crippen LogP contribution in [0.15, 0.2) is 84.9 Å². The van der Waals surface area contributed by atoms with E-state index in [1.807, 2.05) is 91.8 Å². The van der Waals surface area contributed by atoms with Crippen LogP contribution >= 0.6 is 0 Å². The summed E-state index contributed by atoms with van der Waals surface area (Å²) >= 11 is 0. The van der Waals surface area contributed by atoms with E-state index >= 15 is 0 Å². The normalized spacial score (nSPS) is 11.4. The van der Waals surface area contributed by atoms with Crippen molar-refractivity contribution in [3.05, 3.63) is 96.1 Å². The van der Waals surface area contributed by atoms with E-state index in [1.54, 1.807) is 12.1 Å². The Balaban J connectivity index is 1.71. The zero-order valence-electron chi connectivity index (χ0n) is 16.6. The summed E-state index contributed by atoms with van der Waals surface area (Å²) < 4.78 is 0. The van der Waals surface area contributed by atoms with Gasteiger partial charge in [0.05, 0.1) is 12.5 Å². The third-order valence-electron chi connectivity index (χ3n) is 4.60. The number of benzene rings is 3. The lowest BCUT2D eigenvalue weighted by molar-refractivity contribution is -0.116. The fourth-order valence-corrected chi connectivity index (χ4v) is 3.01. The quantitative estimate of drug-likeness (QED) is 0.637. The molecule has 3 aromatic rings. The van der Waals surface area contributed by atoms with Crippen molar-refractivity contribution in [3.8, 4) is 0 Å². The zero-order chi connectivity index (χ0) is 20.6. The summed E-state index contributed by atoms with van der Waals surface area (Å²) in [5, 5.41) is 5.90. The number of carbonyl (C=O) groups is 2. The number of amides is 2. The number of nitrogens with one attached hydrogen (secondary N) is 2. The molecule has 0 saturated heterocycles. The average molecular weight is 387 g/mol. The number of anilines is 2. The Kier molecular flexibility index (Phi) is 6.63. The van der Waals surface area contributed by atoms with Crippen LogP contribution < -0.4 is 15.5 Å². The van der Waals surface area contributed by atoms with Gasteiger partial charge < -0.3 is 15.5 Å². The highest BCUT2D eigenvalue weighted by atomic mass is 16.2. The molecule has 0 aliphatic carbocycles. The Morgan fingerprint density at radius 2 is 1.41 bits per heavy atom. The van der Waals surface area contributed by atoms with Gasteiger partial charge in [-0.3, -0.25) is 9.59 Å². The second-order valence-corrected chi connectivity index (χ2v) is 7.00. The molecule has 5 nitrogen and oxygen atoms in total. The highest BCUT2D eigenvalue weighted by Crippen LogP contribution is 2.20. The first-order chi connectivity index (χ1) is 14.0. The predicted molar refractivity (Wildman–Crippen MR) is 117 cm³/mol. The highest BCUT2D eigenvalue weighted by Gasteiger charge is 2.19. The Labute approximate surface area is 171 Å². The molecule has 3 aromatic carbocycles. The van der Waals surface area contributed by atoms with Crippen LogP contribution in [0.2, 0.25) is 0 Å². The van der Waals surface area contributed by atoms with Crippen LogP contribution in [0.3, 0.4) is 0 Å². The van der Waals surface area contributed by atoms with Gasteiger partial charge in [-0.15, -0.1) is 0 Å². The maximum atomic E-state index is 12.7. The summed E-state index contributed by atoms with van der Waals surface area (Å²) in [5.74, 6) is -0.368. The second-order valence-electron chi connectivity index (χ2n) is 7.00. The van der Waals surface area contributed by atoms with Crippen LogP contribution in [0.4, 0.5) is 11.4 Å². The van der Waals surface area contributed by atoms with E-state index in [4.69, 9.17) is 0 Å². The van der Waals surface area contributed by atoms with Gasteiger partial charge in [0, 0.05) is 31.0 Å². The van der Waals surface area contributed by atoms with Crippen molar-refractivity contribution in [1.82, 2.24) is 5.32 Å². The molecule has 2 N–H and O–H groups in total. The molecule has 3 rings (SSSR count). The number of rotatable bonds is 7. The van der Waals surface area contributed by atoms with Gasteiger partial charge >= 0.3 is 0 Å². The first-order valence-electron chi connectivity index (χ1n) is 9.51. The Hall–Kier alpha value is -3.60. The van der Waals surface area contributed by atoms with Gasteiger partial charge in [-0.2, -0.15) is 0 Å². The number of hydrogen-bond acceptors (Lipinski definition) is 3. The van der Waals surface area contributed by atoms with Crippen LogP contribution in [-0.4, -0.2) is 25.9 Å². The monoisotopic (exact) mass is 387 g/mol. The van der Waals surface area contributed by atoms with E-state index < -0.39 is 6.04 Å². The third-order valence-corrected chi connectivity index (χ3v) is 4.60. The van der Waals surface area contributed by atoms with Crippen molar-refractivity contribution in [2.75, 3.05) is 24.3 Å². The molecule has 0 spiro atoms. The number of hydrogen-bond donors (Lipinski definition) is 2. The Morgan fingerprint density at radius 1 is 0.828 bits per heavy atom. The Morgan fingerprint density at radius 3 is 2.00 bits per heavy atom. The highest BCUT2D eigenvalue weighted by molar-refractivity contribution is 5.95. The van der Waals surface area contributed by atoms with Crippen molar-refractivity contribution in [2.24, 2.45) is 0 Å². The topological polar surface area (TPSA) is 61.4 Å². The summed E-state index contributed by atoms with van der Waals surface area (Å²) in [5.41, 5.74) is 3.23. The van der Waals surface area contributed by atoms with Gasteiger partial charge in [-0.1, -0.05) is 48.5 Å². The maximum absolute atomic E-state index is 12.7. The molecule has 1 atom stereocenters. The lowest BCUT2D eigenvalue weighted by Crippen LogP contribution is -2.31. The first-order valence-corrected chi connectivity index (χ1v) is 9.51. The van der Waals surface area contributed by atoms with Crippen LogP contribution in [0, 0.1) is 0 Å². The molecule has 0 heterocycles. The van der Waals surface area contributed by atoms with Crippen molar-refractivity contribution in [1.29, 1.82) is 0 Å². The van der Waals surface area contributed by atoms with E-state index in [2.05, 4.69) is 10.6 Å². The molecule has 1 unspecified atom stereocenters. The predicted octanol–water partition coefficient (Wildman–Crippen LogP) is 4.25. The summed E-state index contributed by atoms with van der Waals surface area (Å²) in [7, 11) is 3.93.